The molecule has 0 saturated carbocycles. The lowest BCUT2D eigenvalue weighted by Gasteiger charge is -2.20. The summed E-state index contributed by atoms with van der Waals surface area (Å²) in [6, 6.07) is 11.1. The summed E-state index contributed by atoms with van der Waals surface area (Å²) < 4.78 is 12.4. The van der Waals surface area contributed by atoms with Crippen molar-refractivity contribution in [3.63, 3.8) is 0 Å². The lowest BCUT2D eigenvalue weighted by atomic mass is 10.1. The molecular weight excluding hydrogens is 395 g/mol. The van der Waals surface area contributed by atoms with Crippen molar-refractivity contribution in [3.05, 3.63) is 57.6 Å². The number of nitrogen functional groups attached to an aromatic ring is 1. The molecule has 0 atom stereocenters. The second-order valence-corrected chi connectivity index (χ2v) is 7.45. The number of nitrogens with two attached hydrogens (primary N) is 1. The Balaban J connectivity index is 1.57. The van der Waals surface area contributed by atoms with Crippen LogP contribution in [0.15, 0.2) is 41.6 Å². The zero-order valence-electron chi connectivity index (χ0n) is 13.5. The number of ether oxygens (including phenoxy) is 2. The summed E-state index contributed by atoms with van der Waals surface area (Å²) in [7, 11) is 0. The molecule has 4 rings (SSSR count). The monoisotopic (exact) mass is 408 g/mol. The van der Waals surface area contributed by atoms with Gasteiger partial charge < -0.3 is 15.3 Å². The number of hydrogen-bond donors (Lipinski definition) is 1. The van der Waals surface area contributed by atoms with E-state index in [0.29, 0.717) is 33.4 Å². The number of hydrogen-bond acceptors (Lipinski definition) is 6. The highest BCUT2D eigenvalue weighted by Gasteiger charge is 2.18. The fraction of sp³-hybridized carbons (Fsp3) is 0.176. The number of fused-ring (bicyclic) bond motifs is 1. The van der Waals surface area contributed by atoms with Crippen LogP contribution in [-0.4, -0.2) is 21.7 Å². The van der Waals surface area contributed by atoms with Crippen molar-refractivity contribution < 1.29 is 9.47 Å². The smallest absolute Gasteiger partial charge is 0.210 e. The number of nitrogens with zero attached hydrogens (tertiary/aromatic N) is 3. The predicted molar refractivity (Wildman–Crippen MR) is 102 cm³/mol. The number of halogens is 2. The van der Waals surface area contributed by atoms with Gasteiger partial charge in [-0.2, -0.15) is 0 Å². The lowest BCUT2D eigenvalue weighted by molar-refractivity contribution is -0.0168. The van der Waals surface area contributed by atoms with Crippen molar-refractivity contribution in [2.24, 2.45) is 0 Å². The van der Waals surface area contributed by atoms with E-state index in [0.717, 1.165) is 22.4 Å². The van der Waals surface area contributed by atoms with E-state index in [1.807, 2.05) is 24.3 Å². The highest BCUT2D eigenvalue weighted by atomic mass is 35.5. The Morgan fingerprint density at radius 1 is 1.15 bits per heavy atom. The minimum absolute atomic E-state index is 0.234. The van der Waals surface area contributed by atoms with E-state index in [9.17, 15) is 0 Å². The summed E-state index contributed by atoms with van der Waals surface area (Å²) in [5.74, 6) is 8.12. The van der Waals surface area contributed by atoms with E-state index in [4.69, 9.17) is 38.5 Å². The first kappa shape index (κ1) is 17.5. The molecule has 26 heavy (non-hydrogen) atoms. The Hall–Kier alpha value is -1.93. The summed E-state index contributed by atoms with van der Waals surface area (Å²) in [5, 5.41) is 10.2. The van der Waals surface area contributed by atoms with Gasteiger partial charge in [0.2, 0.25) is 5.16 Å². The van der Waals surface area contributed by atoms with Gasteiger partial charge in [-0.05, 0) is 24.3 Å². The summed E-state index contributed by atoms with van der Waals surface area (Å²) >= 11 is 13.7. The van der Waals surface area contributed by atoms with Crippen LogP contribution in [0, 0.1) is 0 Å². The maximum atomic E-state index is 6.20. The van der Waals surface area contributed by atoms with Crippen LogP contribution in [0.1, 0.15) is 11.1 Å². The fourth-order valence-electron chi connectivity index (χ4n) is 2.71. The van der Waals surface area contributed by atoms with Crippen molar-refractivity contribution in [3.8, 4) is 17.1 Å². The Bertz CT molecular complexity index is 964. The Morgan fingerprint density at radius 2 is 2.04 bits per heavy atom. The zero-order chi connectivity index (χ0) is 18.1. The standard InChI is InChI=1S/C17H14Cl2N4O2S/c18-13-3-1-2-10(4-13)16-21-22-17(23(16)20)26-8-12-6-14(19)5-11-7-24-9-25-15(11)12/h1-6H,7-9,20H2. The fourth-order valence-corrected chi connectivity index (χ4v) is 3.98. The van der Waals surface area contributed by atoms with E-state index in [2.05, 4.69) is 10.2 Å². The SMILES string of the molecule is Nn1c(SCc2cc(Cl)cc3c2OCOC3)nnc1-c1cccc(Cl)c1. The molecule has 0 unspecified atom stereocenters. The molecule has 6 nitrogen and oxygen atoms in total. The molecule has 1 aliphatic rings. The van der Waals surface area contributed by atoms with Gasteiger partial charge in [-0.15, -0.1) is 10.2 Å². The minimum Gasteiger partial charge on any atom is -0.467 e. The van der Waals surface area contributed by atoms with Gasteiger partial charge in [0.05, 0.1) is 6.61 Å². The van der Waals surface area contributed by atoms with Crippen LogP contribution in [0.25, 0.3) is 11.4 Å². The third kappa shape index (κ3) is 3.48. The number of rotatable bonds is 4. The first-order valence-electron chi connectivity index (χ1n) is 7.73. The highest BCUT2D eigenvalue weighted by molar-refractivity contribution is 7.98. The van der Waals surface area contributed by atoms with E-state index < -0.39 is 0 Å². The van der Waals surface area contributed by atoms with Gasteiger partial charge in [-0.25, -0.2) is 4.68 Å². The maximum absolute atomic E-state index is 6.20. The Kier molecular flexibility index (Phi) is 4.95. The zero-order valence-corrected chi connectivity index (χ0v) is 15.8. The molecule has 1 aromatic heterocycles. The van der Waals surface area contributed by atoms with Gasteiger partial charge in [0.25, 0.3) is 0 Å². The van der Waals surface area contributed by atoms with E-state index >= 15 is 0 Å². The normalized spacial score (nSPS) is 13.3. The predicted octanol–water partition coefficient (Wildman–Crippen LogP) is 4.12. The van der Waals surface area contributed by atoms with Crippen LogP contribution in [0.4, 0.5) is 0 Å². The van der Waals surface area contributed by atoms with Crippen LogP contribution >= 0.6 is 35.0 Å². The average Bonchev–Trinajstić information content (AvgIpc) is 3.00. The molecule has 0 fully saturated rings. The molecule has 0 radical (unpaired) electrons. The topological polar surface area (TPSA) is 75.2 Å². The lowest BCUT2D eigenvalue weighted by Crippen LogP contribution is -2.13. The second kappa shape index (κ2) is 7.36. The van der Waals surface area contributed by atoms with Crippen molar-refractivity contribution in [2.75, 3.05) is 12.6 Å². The highest BCUT2D eigenvalue weighted by Crippen LogP contribution is 2.35. The molecule has 2 heterocycles. The first-order valence-corrected chi connectivity index (χ1v) is 9.47. The van der Waals surface area contributed by atoms with Gasteiger partial charge in [-0.1, -0.05) is 47.1 Å². The van der Waals surface area contributed by atoms with Crippen LogP contribution in [0.2, 0.25) is 10.0 Å². The first-order chi connectivity index (χ1) is 12.6. The second-order valence-electron chi connectivity index (χ2n) is 5.64. The molecule has 0 bridgehead atoms. The third-order valence-electron chi connectivity index (χ3n) is 3.86. The Morgan fingerprint density at radius 3 is 2.88 bits per heavy atom. The largest absolute Gasteiger partial charge is 0.467 e. The van der Waals surface area contributed by atoms with Gasteiger partial charge in [0, 0.05) is 32.5 Å². The molecule has 0 aliphatic carbocycles. The van der Waals surface area contributed by atoms with E-state index in [1.54, 1.807) is 12.1 Å². The maximum Gasteiger partial charge on any atom is 0.210 e. The van der Waals surface area contributed by atoms with Crippen LogP contribution in [0.3, 0.4) is 0 Å². The summed E-state index contributed by atoms with van der Waals surface area (Å²) in [4.78, 5) is 0. The van der Waals surface area contributed by atoms with Crippen LogP contribution in [-0.2, 0) is 17.1 Å². The quantitative estimate of drug-likeness (QED) is 0.516. The van der Waals surface area contributed by atoms with Crippen molar-refractivity contribution in [2.45, 2.75) is 17.5 Å². The van der Waals surface area contributed by atoms with Crippen LogP contribution in [0.5, 0.6) is 5.75 Å². The molecule has 0 spiro atoms. The molecule has 2 N–H and O–H groups in total. The summed E-state index contributed by atoms with van der Waals surface area (Å²) in [5.41, 5.74) is 2.71. The molecule has 134 valence electrons. The van der Waals surface area contributed by atoms with Gasteiger partial charge in [0.15, 0.2) is 12.6 Å². The molecular formula is C17H14Cl2N4O2S. The van der Waals surface area contributed by atoms with E-state index in [1.165, 1.54) is 16.4 Å². The van der Waals surface area contributed by atoms with Crippen molar-refractivity contribution >= 4 is 35.0 Å². The summed E-state index contributed by atoms with van der Waals surface area (Å²) in [6.45, 7) is 0.720. The molecule has 1 aliphatic heterocycles. The number of benzene rings is 2. The molecule has 0 amide bonds. The van der Waals surface area contributed by atoms with Crippen molar-refractivity contribution in [1.82, 2.24) is 14.9 Å². The number of thioether (sulfide) groups is 1. The van der Waals surface area contributed by atoms with Gasteiger partial charge >= 0.3 is 0 Å². The molecule has 0 saturated heterocycles. The molecule has 9 heteroatoms. The molecule has 2 aromatic carbocycles. The number of aromatic nitrogens is 3. The minimum atomic E-state index is 0.234. The van der Waals surface area contributed by atoms with E-state index in [-0.39, 0.29) is 6.79 Å². The van der Waals surface area contributed by atoms with Crippen molar-refractivity contribution in [1.29, 1.82) is 0 Å². The Labute approximate surface area is 164 Å². The summed E-state index contributed by atoms with van der Waals surface area (Å²) in [6.07, 6.45) is 0. The molecule has 3 aromatic rings. The average molecular weight is 409 g/mol. The van der Waals surface area contributed by atoms with Gasteiger partial charge in [0.1, 0.15) is 5.75 Å². The van der Waals surface area contributed by atoms with Gasteiger partial charge in [-0.3, -0.25) is 0 Å². The third-order valence-corrected chi connectivity index (χ3v) is 5.30. The van der Waals surface area contributed by atoms with Crippen LogP contribution < -0.4 is 10.6 Å².